The van der Waals surface area contributed by atoms with Gasteiger partial charge in [0.2, 0.25) is 0 Å². The minimum absolute atomic E-state index is 0.919. The predicted molar refractivity (Wildman–Crippen MR) is 101 cm³/mol. The Hall–Kier alpha value is -3.48. The first-order chi connectivity index (χ1) is 11.9. The normalized spacial score (nSPS) is 10.1. The van der Waals surface area contributed by atoms with Gasteiger partial charge in [-0.1, -0.05) is 90.4 Å². The van der Waals surface area contributed by atoms with Crippen molar-refractivity contribution in [2.75, 3.05) is 0 Å². The molecule has 0 aliphatic carbocycles. The van der Waals surface area contributed by atoms with Crippen molar-refractivity contribution < 1.29 is 0 Å². The molecule has 3 aromatic carbocycles. The lowest BCUT2D eigenvalue weighted by Crippen LogP contribution is -1.81. The number of allylic oxidation sites excluding steroid dienone is 2. The van der Waals surface area contributed by atoms with E-state index in [4.69, 9.17) is 0 Å². The molecule has 0 atom stereocenters. The Morgan fingerprint density at radius 2 is 1.08 bits per heavy atom. The molecule has 0 heterocycles. The molecule has 0 aliphatic heterocycles. The number of rotatable bonds is 1. The highest BCUT2D eigenvalue weighted by Gasteiger charge is 1.96. The molecule has 3 aromatic rings. The van der Waals surface area contributed by atoms with Crippen LogP contribution in [-0.2, 0) is 0 Å². The third kappa shape index (κ3) is 4.51. The molecule has 0 amide bonds. The van der Waals surface area contributed by atoms with Gasteiger partial charge in [-0.05, 0) is 29.8 Å². The Morgan fingerprint density at radius 1 is 0.583 bits per heavy atom. The molecule has 0 saturated carbocycles. The molecule has 0 fully saturated rings. The van der Waals surface area contributed by atoms with Gasteiger partial charge in [0.25, 0.3) is 0 Å². The molecular formula is C24H16. The minimum Gasteiger partial charge on any atom is -0.0683 e. The Balaban J connectivity index is 1.93. The van der Waals surface area contributed by atoms with E-state index in [2.05, 4.69) is 35.8 Å². The lowest BCUT2D eigenvalue weighted by molar-refractivity contribution is 1.62. The lowest BCUT2D eigenvalue weighted by atomic mass is 10.1. The van der Waals surface area contributed by atoms with Crippen molar-refractivity contribution in [1.82, 2.24) is 0 Å². The summed E-state index contributed by atoms with van der Waals surface area (Å²) >= 11 is 0. The molecule has 0 unspecified atom stereocenters. The monoisotopic (exact) mass is 304 g/mol. The molecule has 0 nitrogen and oxygen atoms in total. The van der Waals surface area contributed by atoms with Gasteiger partial charge < -0.3 is 0 Å². The summed E-state index contributed by atoms with van der Waals surface area (Å²) in [6.45, 7) is 0. The first-order valence-electron chi connectivity index (χ1n) is 7.81. The topological polar surface area (TPSA) is 0 Å². The van der Waals surface area contributed by atoms with Crippen molar-refractivity contribution in [3.8, 4) is 23.7 Å². The summed E-state index contributed by atoms with van der Waals surface area (Å²) in [6.07, 6.45) is 1.89. The summed E-state index contributed by atoms with van der Waals surface area (Å²) in [6, 6.07) is 30.1. The molecule has 0 bridgehead atoms. The summed E-state index contributed by atoms with van der Waals surface area (Å²) in [5, 5.41) is 0. The zero-order valence-corrected chi connectivity index (χ0v) is 13.2. The fraction of sp³-hybridized carbons (Fsp3) is 0. The zero-order valence-electron chi connectivity index (χ0n) is 13.2. The molecule has 0 N–H and O–H groups in total. The van der Waals surface area contributed by atoms with E-state index >= 15 is 0 Å². The van der Waals surface area contributed by atoms with Crippen molar-refractivity contribution in [3.05, 3.63) is 114 Å². The van der Waals surface area contributed by atoms with Crippen LogP contribution in [0.4, 0.5) is 0 Å². The van der Waals surface area contributed by atoms with E-state index in [9.17, 15) is 0 Å². The third-order valence-electron chi connectivity index (χ3n) is 3.41. The molecule has 0 heteroatoms. The molecular weight excluding hydrogens is 288 g/mol. The molecule has 24 heavy (non-hydrogen) atoms. The van der Waals surface area contributed by atoms with Crippen molar-refractivity contribution in [3.63, 3.8) is 0 Å². The van der Waals surface area contributed by atoms with E-state index in [-0.39, 0.29) is 0 Å². The van der Waals surface area contributed by atoms with Gasteiger partial charge in [-0.2, -0.15) is 0 Å². The quantitative estimate of drug-likeness (QED) is 0.544. The summed E-state index contributed by atoms with van der Waals surface area (Å²) < 4.78 is 0. The molecule has 0 radical (unpaired) electrons. The highest BCUT2D eigenvalue weighted by molar-refractivity contribution is 5.81. The Morgan fingerprint density at radius 3 is 1.67 bits per heavy atom. The highest BCUT2D eigenvalue weighted by atomic mass is 14.0. The van der Waals surface area contributed by atoms with Crippen LogP contribution in [-0.4, -0.2) is 0 Å². The second-order valence-corrected chi connectivity index (χ2v) is 5.18. The summed E-state index contributed by atoms with van der Waals surface area (Å²) in [5.41, 5.74) is 3.98. The van der Waals surface area contributed by atoms with E-state index in [0.717, 1.165) is 22.3 Å². The Bertz CT molecular complexity index is 926. The number of hydrogen-bond acceptors (Lipinski definition) is 0. The molecule has 0 saturated heterocycles. The van der Waals surface area contributed by atoms with Crippen LogP contribution in [0.25, 0.3) is 5.57 Å². The van der Waals surface area contributed by atoms with Gasteiger partial charge in [0.1, 0.15) is 0 Å². The summed E-state index contributed by atoms with van der Waals surface area (Å²) in [4.78, 5) is 0. The lowest BCUT2D eigenvalue weighted by Gasteiger charge is -1.97. The number of benzene rings is 3. The van der Waals surface area contributed by atoms with Crippen LogP contribution in [0.2, 0.25) is 0 Å². The molecule has 0 spiro atoms. The van der Waals surface area contributed by atoms with Crippen molar-refractivity contribution in [2.24, 2.45) is 0 Å². The third-order valence-corrected chi connectivity index (χ3v) is 3.41. The van der Waals surface area contributed by atoms with Crippen LogP contribution in [0.3, 0.4) is 0 Å². The van der Waals surface area contributed by atoms with E-state index in [1.165, 1.54) is 0 Å². The van der Waals surface area contributed by atoms with E-state index < -0.39 is 0 Å². The van der Waals surface area contributed by atoms with Gasteiger partial charge in [0.05, 0.1) is 0 Å². The Kier molecular flexibility index (Phi) is 5.29. The minimum atomic E-state index is 0.919. The molecule has 0 aromatic heterocycles. The van der Waals surface area contributed by atoms with Crippen molar-refractivity contribution >= 4 is 5.57 Å². The first-order valence-corrected chi connectivity index (χ1v) is 7.81. The SMILES string of the molecule is C(#Cc1ccccc1)/C=C(\C#Cc1ccccc1)c1ccccc1. The molecule has 0 aliphatic rings. The van der Waals surface area contributed by atoms with Crippen molar-refractivity contribution in [1.29, 1.82) is 0 Å². The molecule has 112 valence electrons. The van der Waals surface area contributed by atoms with Gasteiger partial charge in [-0.3, -0.25) is 0 Å². The Labute approximate surface area is 143 Å². The fourth-order valence-electron chi connectivity index (χ4n) is 2.18. The van der Waals surface area contributed by atoms with Gasteiger partial charge in [0, 0.05) is 22.8 Å². The largest absolute Gasteiger partial charge is 0.0683 e. The van der Waals surface area contributed by atoms with Crippen molar-refractivity contribution in [2.45, 2.75) is 0 Å². The van der Waals surface area contributed by atoms with E-state index in [0.29, 0.717) is 0 Å². The van der Waals surface area contributed by atoms with Crippen LogP contribution < -0.4 is 0 Å². The van der Waals surface area contributed by atoms with Crippen LogP contribution in [0, 0.1) is 23.7 Å². The van der Waals surface area contributed by atoms with Crippen LogP contribution in [0.15, 0.2) is 97.1 Å². The van der Waals surface area contributed by atoms with Gasteiger partial charge >= 0.3 is 0 Å². The highest BCUT2D eigenvalue weighted by Crippen LogP contribution is 2.13. The maximum atomic E-state index is 3.25. The first kappa shape index (κ1) is 15.4. The van der Waals surface area contributed by atoms with Crippen LogP contribution >= 0.6 is 0 Å². The average molecular weight is 304 g/mol. The van der Waals surface area contributed by atoms with E-state index in [1.807, 2.05) is 84.9 Å². The maximum Gasteiger partial charge on any atom is 0.0405 e. The summed E-state index contributed by atoms with van der Waals surface area (Å²) in [5.74, 6) is 12.7. The second-order valence-electron chi connectivity index (χ2n) is 5.18. The maximum absolute atomic E-state index is 3.25. The number of hydrogen-bond donors (Lipinski definition) is 0. The van der Waals surface area contributed by atoms with Gasteiger partial charge in [-0.15, -0.1) is 0 Å². The van der Waals surface area contributed by atoms with Gasteiger partial charge in [-0.25, -0.2) is 0 Å². The van der Waals surface area contributed by atoms with E-state index in [1.54, 1.807) is 0 Å². The smallest absolute Gasteiger partial charge is 0.0405 e. The zero-order chi connectivity index (χ0) is 16.5. The van der Waals surface area contributed by atoms with Crippen LogP contribution in [0.5, 0.6) is 0 Å². The molecule has 3 rings (SSSR count). The summed E-state index contributed by atoms with van der Waals surface area (Å²) in [7, 11) is 0. The second kappa shape index (κ2) is 8.23. The van der Waals surface area contributed by atoms with Gasteiger partial charge in [0.15, 0.2) is 0 Å². The van der Waals surface area contributed by atoms with Crippen LogP contribution in [0.1, 0.15) is 16.7 Å². The average Bonchev–Trinajstić information content (AvgIpc) is 2.67. The fourth-order valence-corrected chi connectivity index (χ4v) is 2.18. The standard InChI is InChI=1S/C24H16/c1-4-11-21(12-5-1)15-10-18-24(23-16-8-3-9-17-23)20-19-22-13-6-2-7-14-22/h1-9,11-14,16-18H/b24-18+. The predicted octanol–water partition coefficient (Wildman–Crippen LogP) is 5.17.